The van der Waals surface area contributed by atoms with E-state index in [-0.39, 0.29) is 195 Å². The fourth-order valence-electron chi connectivity index (χ4n) is 8.39. The van der Waals surface area contributed by atoms with Crippen LogP contribution < -0.4 is 113 Å². The number of hydrogen-bond acceptors (Lipinski definition) is 18. The van der Waals surface area contributed by atoms with Gasteiger partial charge in [0.15, 0.2) is 0 Å². The Kier molecular flexibility index (Phi) is 42.5. The third-order valence-electron chi connectivity index (χ3n) is 13.0. The number of aromatic nitrogens is 4. The van der Waals surface area contributed by atoms with Crippen LogP contribution in [-0.2, 0) is 86.2 Å². The Morgan fingerprint density at radius 3 is 1.16 bits per heavy atom. The summed E-state index contributed by atoms with van der Waals surface area (Å²) < 4.78 is 63.6. The molecule has 0 amide bonds. The topological polar surface area (TPSA) is 350 Å². The van der Waals surface area contributed by atoms with E-state index in [1.807, 2.05) is 133 Å². The molecule has 519 valence electrons. The van der Waals surface area contributed by atoms with E-state index in [2.05, 4.69) is 94.0 Å². The van der Waals surface area contributed by atoms with Gasteiger partial charge in [0.25, 0.3) is 23.8 Å². The number of rotatable bonds is 11. The summed E-state index contributed by atoms with van der Waals surface area (Å²) in [4.78, 5) is 56.7. The first kappa shape index (κ1) is 92.0. The van der Waals surface area contributed by atoms with Crippen molar-refractivity contribution in [2.24, 2.45) is 0 Å². The fourth-order valence-corrected chi connectivity index (χ4v) is 10.4. The number of nitro groups is 2. The Bertz CT molecular complexity index is 4440. The van der Waals surface area contributed by atoms with E-state index >= 15 is 0 Å². The van der Waals surface area contributed by atoms with Crippen molar-refractivity contribution in [3.8, 4) is 5.75 Å². The number of carbonyl (C=O) groups is 2. The Labute approximate surface area is 700 Å². The summed E-state index contributed by atoms with van der Waals surface area (Å²) in [5, 5.41) is 50.4. The summed E-state index contributed by atoms with van der Waals surface area (Å²) in [6, 6.07) is 64.9. The number of nitrogens with zero attached hydrogens (tertiary/aromatic N) is 8. The van der Waals surface area contributed by atoms with Crippen molar-refractivity contribution >= 4 is 106 Å². The van der Waals surface area contributed by atoms with Gasteiger partial charge in [0.2, 0.25) is 0 Å². The molecule has 0 aliphatic heterocycles. The van der Waals surface area contributed by atoms with Crippen molar-refractivity contribution < 1.29 is 206 Å². The van der Waals surface area contributed by atoms with Gasteiger partial charge in [-0.15, -0.1) is 11.4 Å². The molecule has 4 heterocycles. The standard InChI is InChI=1S/2C19H12N3O4S.C10H14BO2.C10H13.2C5H5N.C2H4O2.CH2O3.2K.2Pd.H/c2*23-22(24)15-8-10-16(11-9-15)27(25,26)21-17-5-1-3-13-6-7-14-4-2-12-20-19(14)18(13)17;1-10(2,3)8-4-6-9(7-5-8)13-11-12;1-10(2,3)9-7-5-4-6-8-9;2*1-2-4-6-5-3-1;1-2(3)4;2-1-4-3;;;;;/h2*1-12H;4-7,12H,1-3H3;5-8H,1-3H3;2*1-5H;1H3,(H,3,4);1,3H;;;;;/q2*-1;;-1;;;;;2*+1;;+2;-1/p-1. The second kappa shape index (κ2) is 46.6. The van der Waals surface area contributed by atoms with Crippen LogP contribution in [0.5, 0.6) is 5.75 Å². The van der Waals surface area contributed by atoms with E-state index in [1.165, 1.54) is 35.4 Å². The van der Waals surface area contributed by atoms with Gasteiger partial charge in [-0.3, -0.25) is 49.8 Å². The summed E-state index contributed by atoms with van der Waals surface area (Å²) in [5.41, 5.74) is 4.54. The number of hydrogen-bond donors (Lipinski definition) is 2. The summed E-state index contributed by atoms with van der Waals surface area (Å²) in [6.07, 6.45) is 10.3. The maximum Gasteiger partial charge on any atom is 2.00 e. The number of carbonyl (C=O) groups excluding carboxylic acids is 1. The maximum absolute atomic E-state index is 12.7. The summed E-state index contributed by atoms with van der Waals surface area (Å²) in [6.45, 7) is 14.0. The van der Waals surface area contributed by atoms with E-state index in [9.17, 15) is 37.1 Å². The first-order valence-electron chi connectivity index (χ1n) is 29.0. The van der Waals surface area contributed by atoms with E-state index in [1.54, 1.807) is 61.4 Å². The van der Waals surface area contributed by atoms with Gasteiger partial charge in [-0.05, 0) is 111 Å². The number of fused-ring (bicyclic) bond motifs is 6. The van der Waals surface area contributed by atoms with Crippen molar-refractivity contribution in [1.82, 2.24) is 19.9 Å². The predicted octanol–water partition coefficient (Wildman–Crippen LogP) is 8.86. The molecule has 0 aliphatic carbocycles. The Morgan fingerprint density at radius 1 is 0.535 bits per heavy atom. The van der Waals surface area contributed by atoms with Gasteiger partial charge < -0.3 is 35.8 Å². The van der Waals surface area contributed by atoms with E-state index in [0.717, 1.165) is 52.7 Å². The van der Waals surface area contributed by atoms with Gasteiger partial charge in [0.05, 0.1) is 36.4 Å². The smallest absolute Gasteiger partial charge is 1.00 e. The molecule has 0 unspecified atom stereocenters. The van der Waals surface area contributed by atoms with E-state index in [0.29, 0.717) is 35.2 Å². The Balaban J connectivity index is 0.00000125. The van der Waals surface area contributed by atoms with Crippen LogP contribution in [0, 0.1) is 26.3 Å². The molecule has 101 heavy (non-hydrogen) atoms. The zero-order valence-corrected chi connectivity index (χ0v) is 67.1. The second-order valence-corrected chi connectivity index (χ2v) is 25.2. The SMILES string of the molecule is CC(=O)O.CC(C)(C)c1cc[c-]cc1.CC(C)(C)c1ccc(O[B]O)cc1.O=CO[O-].O=[N+]([O-])c1ccc(S(=O)(=O)[N-]c2cccc3ccc4cccnc4c23)cc1.O=[N+]([O-])c1ccc(S(=O)(=O)[N-]c2cccc3ccc4cccnc4c23)cc1.[H-].[K+].[K+].[Pd+2].[Pd].c1ccncc1.c1ccncc1. The average Bonchev–Trinajstić information content (AvgIpc) is 0.776. The van der Waals surface area contributed by atoms with E-state index in [4.69, 9.17) is 29.6 Å². The number of sulfonamides is 2. The third kappa shape index (κ3) is 31.3. The first-order valence-corrected chi connectivity index (χ1v) is 31.9. The molecule has 23 nitrogen and oxygen atoms in total. The number of carboxylic acid groups (broad SMARTS) is 1. The van der Waals surface area contributed by atoms with Crippen LogP contribution in [0.3, 0.4) is 0 Å². The molecule has 0 bridgehead atoms. The van der Waals surface area contributed by atoms with Gasteiger partial charge in [0, 0.05) is 99.6 Å². The minimum absolute atomic E-state index is 0. The molecule has 4 aromatic heterocycles. The molecule has 0 aliphatic rings. The molecule has 0 atom stereocenters. The molecule has 12 rings (SSSR count). The van der Waals surface area contributed by atoms with Crippen LogP contribution in [-0.4, -0.2) is 76.9 Å². The molecule has 0 spiro atoms. The van der Waals surface area contributed by atoms with Crippen LogP contribution in [0.15, 0.2) is 265 Å². The molecule has 12 aromatic rings. The molecular formula is C71H67BK2N8O15Pd2S2-. The molecule has 0 saturated heterocycles. The molecule has 8 aromatic carbocycles. The van der Waals surface area contributed by atoms with Crippen LogP contribution >= 0.6 is 0 Å². The second-order valence-electron chi connectivity index (χ2n) is 22.0. The predicted molar refractivity (Wildman–Crippen MR) is 373 cm³/mol. The number of carboxylic acids is 1. The van der Waals surface area contributed by atoms with Crippen molar-refractivity contribution in [2.75, 3.05) is 0 Å². The molecule has 0 saturated carbocycles. The monoisotopic (exact) mass is 1640 g/mol. The van der Waals surface area contributed by atoms with Crippen LogP contribution in [0.2, 0.25) is 0 Å². The normalized spacial score (nSPS) is 10.1. The van der Waals surface area contributed by atoms with Gasteiger partial charge in [-0.1, -0.05) is 139 Å². The first-order chi connectivity index (χ1) is 46.2. The van der Waals surface area contributed by atoms with Gasteiger partial charge >= 0.3 is 131 Å². The molecule has 2 N–H and O–H groups in total. The van der Waals surface area contributed by atoms with Crippen molar-refractivity contribution in [2.45, 2.75) is 69.1 Å². The summed E-state index contributed by atoms with van der Waals surface area (Å²) >= 11 is 0. The molecular weight excluding hydrogens is 1570 g/mol. The largest absolute Gasteiger partial charge is 2.00 e. The number of nitro benzene ring substituents is 2. The minimum Gasteiger partial charge on any atom is -1.00 e. The molecule has 1 radical (unpaired) electrons. The number of non-ortho nitro benzene ring substituents is 2. The third-order valence-corrected chi connectivity index (χ3v) is 15.6. The minimum atomic E-state index is -4.04. The average molecular weight is 1640 g/mol. The summed E-state index contributed by atoms with van der Waals surface area (Å²) in [7, 11) is -7.40. The van der Waals surface area contributed by atoms with E-state index < -0.39 is 35.9 Å². The van der Waals surface area contributed by atoms with Crippen molar-refractivity contribution in [3.63, 3.8) is 0 Å². The zero-order valence-electron chi connectivity index (χ0n) is 57.1. The van der Waals surface area contributed by atoms with Crippen molar-refractivity contribution in [3.05, 3.63) is 302 Å². The number of aliphatic carboxylic acids is 1. The number of pyridine rings is 4. The number of benzene rings is 8. The van der Waals surface area contributed by atoms with Gasteiger partial charge in [-0.2, -0.15) is 35.9 Å². The quantitative estimate of drug-likeness (QED) is 0.0232. The van der Waals surface area contributed by atoms with Crippen LogP contribution in [0.4, 0.5) is 22.7 Å². The summed E-state index contributed by atoms with van der Waals surface area (Å²) in [5.74, 6) is -0.185. The van der Waals surface area contributed by atoms with Gasteiger partial charge in [-0.25, -0.2) is 16.8 Å². The Morgan fingerprint density at radius 2 is 0.871 bits per heavy atom. The molecule has 0 fully saturated rings. The fraction of sp³-hybridized carbons (Fsp3) is 0.127. The van der Waals surface area contributed by atoms with Crippen molar-refractivity contribution in [1.29, 1.82) is 0 Å². The maximum atomic E-state index is 12.7. The van der Waals surface area contributed by atoms with Crippen LogP contribution in [0.1, 0.15) is 61.0 Å². The van der Waals surface area contributed by atoms with Crippen LogP contribution in [0.25, 0.3) is 52.8 Å². The molecule has 30 heteroatoms. The zero-order chi connectivity index (χ0) is 71.0. The van der Waals surface area contributed by atoms with Gasteiger partial charge in [0.1, 0.15) is 20.0 Å². The Hall–Kier alpha value is -6.98.